The fourth-order valence-electron chi connectivity index (χ4n) is 1.97. The molecule has 1 atom stereocenters. The van der Waals surface area contributed by atoms with Crippen LogP contribution in [0.3, 0.4) is 0 Å². The Bertz CT molecular complexity index is 341. The van der Waals surface area contributed by atoms with Gasteiger partial charge in [-0.05, 0) is 20.3 Å². The van der Waals surface area contributed by atoms with Crippen molar-refractivity contribution < 1.29 is 18.1 Å². The molecule has 0 fully saturated rings. The minimum atomic E-state index is -3.51. The van der Waals surface area contributed by atoms with E-state index in [1.54, 1.807) is 13.8 Å². The fraction of sp³-hybridized carbons (Fsp3) is 0.846. The third kappa shape index (κ3) is 5.09. The van der Waals surface area contributed by atoms with Crippen molar-refractivity contribution in [2.24, 2.45) is 0 Å². The molecule has 0 aliphatic carbocycles. The molecule has 1 aliphatic rings. The van der Waals surface area contributed by atoms with Gasteiger partial charge in [0.2, 0.25) is 6.35 Å². The Morgan fingerprint density at radius 1 is 1.10 bits per heavy atom. The molecule has 6 nitrogen and oxygen atoms in total. The molecule has 118 valence electrons. The van der Waals surface area contributed by atoms with Gasteiger partial charge in [-0.1, -0.05) is 19.8 Å². The maximum atomic E-state index is 12.4. The van der Waals surface area contributed by atoms with Crippen LogP contribution in [-0.4, -0.2) is 43.0 Å². The zero-order chi connectivity index (χ0) is 15.0. The summed E-state index contributed by atoms with van der Waals surface area (Å²) in [5, 5.41) is 0. The summed E-state index contributed by atoms with van der Waals surface area (Å²) in [7, 11) is -1.63. The standard InChI is InChI=1S/C13H27N2O4P/c1-5-8-9-10-15-12-11-14(4)13(15)19-20(16,17-6-2)18-7-3/h11-13H,5-10H2,1-4H3. The van der Waals surface area contributed by atoms with Gasteiger partial charge in [0.1, 0.15) is 0 Å². The Morgan fingerprint density at radius 3 is 2.30 bits per heavy atom. The topological polar surface area (TPSA) is 51.2 Å². The zero-order valence-electron chi connectivity index (χ0n) is 12.9. The third-order valence-corrected chi connectivity index (χ3v) is 4.54. The molecule has 0 aromatic carbocycles. The second-order valence-corrected chi connectivity index (χ2v) is 6.24. The predicted molar refractivity (Wildman–Crippen MR) is 78.9 cm³/mol. The van der Waals surface area contributed by atoms with Crippen molar-refractivity contribution in [2.75, 3.05) is 26.8 Å². The molecule has 0 radical (unpaired) electrons. The van der Waals surface area contributed by atoms with E-state index in [-0.39, 0.29) is 13.2 Å². The number of nitrogens with zero attached hydrogens (tertiary/aromatic N) is 2. The van der Waals surface area contributed by atoms with Crippen LogP contribution in [-0.2, 0) is 18.1 Å². The van der Waals surface area contributed by atoms with E-state index in [1.807, 2.05) is 29.2 Å². The van der Waals surface area contributed by atoms with Crippen molar-refractivity contribution in [3.05, 3.63) is 12.4 Å². The summed E-state index contributed by atoms with van der Waals surface area (Å²) < 4.78 is 28.4. The maximum Gasteiger partial charge on any atom is 0.478 e. The van der Waals surface area contributed by atoms with Gasteiger partial charge in [0.05, 0.1) is 13.2 Å². The number of rotatable bonds is 10. The van der Waals surface area contributed by atoms with Crippen molar-refractivity contribution in [1.29, 1.82) is 0 Å². The van der Waals surface area contributed by atoms with Gasteiger partial charge in [0.25, 0.3) is 0 Å². The van der Waals surface area contributed by atoms with Gasteiger partial charge >= 0.3 is 7.82 Å². The Hall–Kier alpha value is -0.550. The van der Waals surface area contributed by atoms with Crippen LogP contribution in [0.25, 0.3) is 0 Å². The van der Waals surface area contributed by atoms with Crippen molar-refractivity contribution in [2.45, 2.75) is 46.4 Å². The van der Waals surface area contributed by atoms with Gasteiger partial charge in [0, 0.05) is 26.0 Å². The van der Waals surface area contributed by atoms with Crippen LogP contribution in [0.2, 0.25) is 0 Å². The van der Waals surface area contributed by atoms with Crippen molar-refractivity contribution in [3.63, 3.8) is 0 Å². The summed E-state index contributed by atoms with van der Waals surface area (Å²) in [6, 6.07) is 0. The van der Waals surface area contributed by atoms with Gasteiger partial charge in [-0.3, -0.25) is 9.05 Å². The molecule has 0 aromatic rings. The Morgan fingerprint density at radius 2 is 1.75 bits per heavy atom. The molecule has 0 aromatic heterocycles. The average Bonchev–Trinajstić information content (AvgIpc) is 2.72. The summed E-state index contributed by atoms with van der Waals surface area (Å²) in [4.78, 5) is 3.87. The van der Waals surface area contributed by atoms with Crippen LogP contribution in [0.1, 0.15) is 40.0 Å². The van der Waals surface area contributed by atoms with Gasteiger partial charge in [-0.15, -0.1) is 0 Å². The highest BCUT2D eigenvalue weighted by Gasteiger charge is 2.35. The third-order valence-electron chi connectivity index (χ3n) is 2.94. The van der Waals surface area contributed by atoms with Crippen LogP contribution >= 0.6 is 7.82 Å². The Kier molecular flexibility index (Phi) is 7.59. The lowest BCUT2D eigenvalue weighted by Gasteiger charge is -2.32. The van der Waals surface area contributed by atoms with E-state index in [9.17, 15) is 4.57 Å². The second-order valence-electron chi connectivity index (χ2n) is 4.62. The minimum Gasteiger partial charge on any atom is -0.337 e. The molecule has 1 unspecified atom stereocenters. The first-order chi connectivity index (χ1) is 9.56. The van der Waals surface area contributed by atoms with Crippen LogP contribution in [0.4, 0.5) is 0 Å². The first kappa shape index (κ1) is 17.5. The number of phosphoric ester groups is 1. The van der Waals surface area contributed by atoms with E-state index < -0.39 is 14.2 Å². The maximum absolute atomic E-state index is 12.4. The molecule has 0 spiro atoms. The molecule has 1 aliphatic heterocycles. The first-order valence-electron chi connectivity index (χ1n) is 7.29. The number of phosphoric acid groups is 1. The average molecular weight is 306 g/mol. The van der Waals surface area contributed by atoms with Crippen LogP contribution < -0.4 is 0 Å². The highest BCUT2D eigenvalue weighted by Crippen LogP contribution is 2.51. The van der Waals surface area contributed by atoms with Crippen molar-refractivity contribution >= 4 is 7.82 Å². The lowest BCUT2D eigenvalue weighted by atomic mass is 10.2. The van der Waals surface area contributed by atoms with Crippen LogP contribution in [0, 0.1) is 0 Å². The second kappa shape index (κ2) is 8.67. The quantitative estimate of drug-likeness (QED) is 0.455. The molecule has 0 N–H and O–H groups in total. The van der Waals surface area contributed by atoms with Crippen LogP contribution in [0.5, 0.6) is 0 Å². The highest BCUT2D eigenvalue weighted by molar-refractivity contribution is 7.48. The zero-order valence-corrected chi connectivity index (χ0v) is 13.8. The number of hydrogen-bond donors (Lipinski definition) is 0. The molecule has 0 bridgehead atoms. The van der Waals surface area contributed by atoms with E-state index in [1.165, 1.54) is 0 Å². The molecular weight excluding hydrogens is 279 g/mol. The van der Waals surface area contributed by atoms with E-state index in [4.69, 9.17) is 13.6 Å². The van der Waals surface area contributed by atoms with Crippen molar-refractivity contribution in [1.82, 2.24) is 9.80 Å². The first-order valence-corrected chi connectivity index (χ1v) is 8.75. The SMILES string of the molecule is CCCCCN1C=CN(C)C1OP(=O)(OCC)OCC. The normalized spacial score (nSPS) is 19.1. The molecule has 0 saturated carbocycles. The summed E-state index contributed by atoms with van der Waals surface area (Å²) in [6.07, 6.45) is 6.81. The summed E-state index contributed by atoms with van der Waals surface area (Å²) >= 11 is 0. The molecule has 1 rings (SSSR count). The number of unbranched alkanes of at least 4 members (excludes halogenated alkanes) is 2. The lowest BCUT2D eigenvalue weighted by Crippen LogP contribution is -2.39. The Balaban J connectivity index is 2.63. The van der Waals surface area contributed by atoms with Crippen molar-refractivity contribution in [3.8, 4) is 0 Å². The van der Waals surface area contributed by atoms with Gasteiger partial charge in [-0.2, -0.15) is 0 Å². The summed E-state index contributed by atoms with van der Waals surface area (Å²) in [6.45, 7) is 7.14. The van der Waals surface area contributed by atoms with E-state index in [2.05, 4.69) is 6.92 Å². The van der Waals surface area contributed by atoms with E-state index >= 15 is 0 Å². The molecule has 0 saturated heterocycles. The molecule has 20 heavy (non-hydrogen) atoms. The minimum absolute atomic E-state index is 0.289. The van der Waals surface area contributed by atoms with Gasteiger partial charge in [-0.25, -0.2) is 9.09 Å². The lowest BCUT2D eigenvalue weighted by molar-refractivity contribution is -0.0448. The van der Waals surface area contributed by atoms with E-state index in [0.717, 1.165) is 25.8 Å². The highest BCUT2D eigenvalue weighted by atomic mass is 31.2. The van der Waals surface area contributed by atoms with Gasteiger partial charge in [0.15, 0.2) is 0 Å². The van der Waals surface area contributed by atoms with Crippen LogP contribution in [0.15, 0.2) is 12.4 Å². The summed E-state index contributed by atoms with van der Waals surface area (Å²) in [5.41, 5.74) is 0. The molecule has 7 heteroatoms. The molecule has 1 heterocycles. The molecular formula is C13H27N2O4P. The molecule has 0 amide bonds. The largest absolute Gasteiger partial charge is 0.478 e. The monoisotopic (exact) mass is 306 g/mol. The predicted octanol–water partition coefficient (Wildman–Crippen LogP) is 3.38. The van der Waals surface area contributed by atoms with Gasteiger partial charge < -0.3 is 9.80 Å². The Labute approximate surface area is 122 Å². The summed E-state index contributed by atoms with van der Waals surface area (Å²) in [5.74, 6) is 0. The van der Waals surface area contributed by atoms with E-state index in [0.29, 0.717) is 0 Å². The smallest absolute Gasteiger partial charge is 0.337 e. The fourth-order valence-corrected chi connectivity index (χ4v) is 3.30. The number of hydrogen-bond acceptors (Lipinski definition) is 6.